The number of para-hydroxylation sites is 2. The van der Waals surface area contributed by atoms with Crippen LogP contribution in [0.1, 0.15) is 21.5 Å². The zero-order valence-corrected chi connectivity index (χ0v) is 16.8. The number of hydrogen-bond donors (Lipinski definition) is 0. The molecule has 1 heterocycles. The van der Waals surface area contributed by atoms with E-state index in [0.717, 1.165) is 10.2 Å². The number of nitrogens with zero attached hydrogens (tertiary/aromatic N) is 2. The van der Waals surface area contributed by atoms with Crippen molar-refractivity contribution in [1.29, 1.82) is 0 Å². The zero-order valence-electron chi connectivity index (χ0n) is 16.0. The Labute approximate surface area is 167 Å². The largest absolute Gasteiger partial charge is 0.457 e. The fraction of sp³-hybridized carbons (Fsp3) is 0.130. The number of fused-ring (bicyclic) bond motifs is 1. The monoisotopic (exact) mass is 388 g/mol. The molecule has 5 heteroatoms. The van der Waals surface area contributed by atoms with Crippen molar-refractivity contribution >= 4 is 27.5 Å². The van der Waals surface area contributed by atoms with Crippen LogP contribution in [0.15, 0.2) is 71.7 Å². The van der Waals surface area contributed by atoms with Gasteiger partial charge in [0.25, 0.3) is 5.91 Å². The summed E-state index contributed by atoms with van der Waals surface area (Å²) in [6.45, 7) is 4.19. The highest BCUT2D eigenvalue weighted by Gasteiger charge is 2.14. The second-order valence-corrected chi connectivity index (χ2v) is 7.64. The van der Waals surface area contributed by atoms with E-state index in [2.05, 4.69) is 31.0 Å². The van der Waals surface area contributed by atoms with Crippen molar-refractivity contribution in [3.05, 3.63) is 88.2 Å². The number of rotatable bonds is 3. The van der Waals surface area contributed by atoms with Crippen LogP contribution in [-0.4, -0.2) is 10.5 Å². The van der Waals surface area contributed by atoms with Crippen LogP contribution in [-0.2, 0) is 7.05 Å². The molecule has 28 heavy (non-hydrogen) atoms. The van der Waals surface area contributed by atoms with E-state index in [1.165, 1.54) is 22.5 Å². The first-order valence-corrected chi connectivity index (χ1v) is 9.83. The Morgan fingerprint density at radius 1 is 0.964 bits per heavy atom. The highest BCUT2D eigenvalue weighted by Crippen LogP contribution is 2.26. The second-order valence-electron chi connectivity index (χ2n) is 6.63. The average Bonchev–Trinajstić information content (AvgIpc) is 3.02. The van der Waals surface area contributed by atoms with E-state index >= 15 is 0 Å². The molecule has 1 amide bonds. The molecule has 0 aliphatic carbocycles. The number of amides is 1. The summed E-state index contributed by atoms with van der Waals surface area (Å²) in [6, 6.07) is 20.8. The van der Waals surface area contributed by atoms with E-state index in [-0.39, 0.29) is 5.91 Å². The molecule has 0 atom stereocenters. The van der Waals surface area contributed by atoms with Gasteiger partial charge in [-0.15, -0.1) is 0 Å². The minimum Gasteiger partial charge on any atom is -0.457 e. The lowest BCUT2D eigenvalue weighted by Gasteiger charge is -2.08. The summed E-state index contributed by atoms with van der Waals surface area (Å²) in [5.41, 5.74) is 3.99. The molecule has 0 spiro atoms. The quantitative estimate of drug-likeness (QED) is 0.472. The summed E-state index contributed by atoms with van der Waals surface area (Å²) in [4.78, 5) is 18.0. The van der Waals surface area contributed by atoms with Gasteiger partial charge in [0.2, 0.25) is 0 Å². The summed E-state index contributed by atoms with van der Waals surface area (Å²) in [5, 5.41) is 0. The Bertz CT molecular complexity index is 1240. The fourth-order valence-corrected chi connectivity index (χ4v) is 4.21. The van der Waals surface area contributed by atoms with Crippen LogP contribution in [0.5, 0.6) is 11.5 Å². The van der Waals surface area contributed by atoms with Crippen LogP contribution in [0.4, 0.5) is 0 Å². The van der Waals surface area contributed by atoms with E-state index in [4.69, 9.17) is 4.74 Å². The first-order valence-electron chi connectivity index (χ1n) is 9.01. The molecule has 0 saturated heterocycles. The van der Waals surface area contributed by atoms with E-state index in [1.54, 1.807) is 12.1 Å². The summed E-state index contributed by atoms with van der Waals surface area (Å²) < 4.78 is 9.01. The van der Waals surface area contributed by atoms with Crippen LogP contribution in [0.25, 0.3) is 10.2 Å². The van der Waals surface area contributed by atoms with Gasteiger partial charge in [0, 0.05) is 7.05 Å². The third-order valence-electron chi connectivity index (χ3n) is 4.77. The average molecular weight is 388 g/mol. The van der Waals surface area contributed by atoms with Crippen LogP contribution in [0.2, 0.25) is 0 Å². The number of aromatic nitrogens is 1. The number of carbonyl (C=O) groups excluding carboxylic acids is 1. The molecule has 0 N–H and O–H groups in total. The predicted octanol–water partition coefficient (Wildman–Crippen LogP) is 5.39. The third-order valence-corrected chi connectivity index (χ3v) is 5.87. The maximum absolute atomic E-state index is 13.0. The highest BCUT2D eigenvalue weighted by molar-refractivity contribution is 7.16. The van der Waals surface area contributed by atoms with Gasteiger partial charge < -0.3 is 9.30 Å². The Morgan fingerprint density at radius 2 is 1.68 bits per heavy atom. The van der Waals surface area contributed by atoms with Crippen LogP contribution in [0, 0.1) is 13.8 Å². The number of hydrogen-bond acceptors (Lipinski definition) is 3. The normalized spacial score (nSPS) is 11.8. The van der Waals surface area contributed by atoms with E-state index in [0.29, 0.717) is 21.9 Å². The van der Waals surface area contributed by atoms with Gasteiger partial charge in [0.05, 0.1) is 15.8 Å². The van der Waals surface area contributed by atoms with Gasteiger partial charge in [0.1, 0.15) is 11.5 Å². The van der Waals surface area contributed by atoms with Crippen LogP contribution in [0.3, 0.4) is 0 Å². The highest BCUT2D eigenvalue weighted by atomic mass is 32.1. The maximum atomic E-state index is 13.0. The molecule has 0 bridgehead atoms. The van der Waals surface area contributed by atoms with Crippen LogP contribution >= 0.6 is 11.3 Å². The molecule has 1 aromatic heterocycles. The molecule has 0 saturated carbocycles. The van der Waals surface area contributed by atoms with Gasteiger partial charge in [0.15, 0.2) is 4.80 Å². The molecule has 0 fully saturated rings. The molecule has 4 aromatic rings. The minimum absolute atomic E-state index is 0.317. The standard InChI is InChI=1S/C23H20N2O2S/c1-15-13-14-20-21(16(15)2)25(3)23(28-20)24-22(26)18-11-7-8-12-19(18)27-17-9-5-4-6-10-17/h4-14H,1-3H3. The maximum Gasteiger partial charge on any atom is 0.283 e. The summed E-state index contributed by atoms with van der Waals surface area (Å²) >= 11 is 1.51. The Morgan fingerprint density at radius 3 is 2.46 bits per heavy atom. The predicted molar refractivity (Wildman–Crippen MR) is 113 cm³/mol. The van der Waals surface area contributed by atoms with Crippen molar-refractivity contribution in [2.45, 2.75) is 13.8 Å². The van der Waals surface area contributed by atoms with Crippen molar-refractivity contribution in [3.63, 3.8) is 0 Å². The lowest BCUT2D eigenvalue weighted by molar-refractivity contribution is 0.0995. The van der Waals surface area contributed by atoms with Crippen molar-refractivity contribution in [3.8, 4) is 11.5 Å². The van der Waals surface area contributed by atoms with Gasteiger partial charge in [-0.2, -0.15) is 4.99 Å². The van der Waals surface area contributed by atoms with Crippen molar-refractivity contribution in [1.82, 2.24) is 4.57 Å². The summed E-state index contributed by atoms with van der Waals surface area (Å²) in [5.74, 6) is 0.863. The van der Waals surface area contributed by atoms with Crippen LogP contribution < -0.4 is 9.54 Å². The molecular weight excluding hydrogens is 368 g/mol. The van der Waals surface area contributed by atoms with E-state index in [9.17, 15) is 4.79 Å². The number of thiazole rings is 1. The molecule has 4 rings (SSSR count). The fourth-order valence-electron chi connectivity index (χ4n) is 3.13. The minimum atomic E-state index is -0.317. The molecular formula is C23H20N2O2S. The topological polar surface area (TPSA) is 43.6 Å². The van der Waals surface area contributed by atoms with Crippen molar-refractivity contribution in [2.75, 3.05) is 0 Å². The Balaban J connectivity index is 1.76. The first kappa shape index (κ1) is 18.2. The molecule has 0 unspecified atom stereocenters. The smallest absolute Gasteiger partial charge is 0.283 e. The summed E-state index contributed by atoms with van der Waals surface area (Å²) in [7, 11) is 1.95. The SMILES string of the molecule is Cc1ccc2sc(=NC(=O)c3ccccc3Oc3ccccc3)n(C)c2c1C. The molecule has 3 aromatic carbocycles. The number of aryl methyl sites for hydroxylation is 3. The second kappa shape index (κ2) is 7.44. The molecule has 4 nitrogen and oxygen atoms in total. The van der Waals surface area contributed by atoms with Gasteiger partial charge >= 0.3 is 0 Å². The molecule has 140 valence electrons. The van der Waals surface area contributed by atoms with Gasteiger partial charge in [-0.25, -0.2) is 0 Å². The van der Waals surface area contributed by atoms with Gasteiger partial charge in [-0.1, -0.05) is 47.7 Å². The van der Waals surface area contributed by atoms with Gasteiger partial charge in [-0.05, 0) is 55.3 Å². The van der Waals surface area contributed by atoms with E-state index in [1.807, 2.05) is 54.1 Å². The number of benzene rings is 3. The number of carbonyl (C=O) groups is 1. The summed E-state index contributed by atoms with van der Waals surface area (Å²) in [6.07, 6.45) is 0. The van der Waals surface area contributed by atoms with Crippen molar-refractivity contribution < 1.29 is 9.53 Å². The van der Waals surface area contributed by atoms with E-state index < -0.39 is 0 Å². The molecule has 0 aliphatic heterocycles. The van der Waals surface area contributed by atoms with Gasteiger partial charge in [-0.3, -0.25) is 4.79 Å². The molecule has 0 radical (unpaired) electrons. The van der Waals surface area contributed by atoms with Crippen molar-refractivity contribution in [2.24, 2.45) is 12.0 Å². The Kier molecular flexibility index (Phi) is 4.84. The molecule has 0 aliphatic rings. The number of ether oxygens (including phenoxy) is 1. The zero-order chi connectivity index (χ0) is 19.7. The first-order chi connectivity index (χ1) is 13.5. The Hall–Kier alpha value is -3.18. The third kappa shape index (κ3) is 3.37. The lowest BCUT2D eigenvalue weighted by Crippen LogP contribution is -2.14. The lowest BCUT2D eigenvalue weighted by atomic mass is 10.1.